The summed E-state index contributed by atoms with van der Waals surface area (Å²) >= 11 is 0. The van der Waals surface area contributed by atoms with E-state index in [4.69, 9.17) is 4.74 Å². The molecule has 148 valence electrons. The summed E-state index contributed by atoms with van der Waals surface area (Å²) in [6.07, 6.45) is 0.729. The van der Waals surface area contributed by atoms with E-state index in [1.54, 1.807) is 24.3 Å². The van der Waals surface area contributed by atoms with E-state index in [1.165, 1.54) is 5.56 Å². The molecule has 2 amide bonds. The zero-order valence-corrected chi connectivity index (χ0v) is 16.4. The fraction of sp³-hybridized carbons (Fsp3) is 0.167. The third-order valence-corrected chi connectivity index (χ3v) is 4.31. The van der Waals surface area contributed by atoms with Crippen LogP contribution < -0.4 is 15.4 Å². The maximum Gasteiger partial charge on any atom is 0.262 e. The second-order valence-corrected chi connectivity index (χ2v) is 6.55. The van der Waals surface area contributed by atoms with Crippen LogP contribution in [0.1, 0.15) is 28.4 Å². The predicted octanol–water partition coefficient (Wildman–Crippen LogP) is 4.04. The third kappa shape index (κ3) is 5.94. The molecule has 0 unspecified atom stereocenters. The summed E-state index contributed by atoms with van der Waals surface area (Å²) < 4.78 is 5.77. The van der Waals surface area contributed by atoms with E-state index >= 15 is 0 Å². The Morgan fingerprint density at radius 2 is 1.66 bits per heavy atom. The van der Waals surface area contributed by atoms with E-state index in [1.807, 2.05) is 49.4 Å². The van der Waals surface area contributed by atoms with Gasteiger partial charge in [0.15, 0.2) is 6.61 Å². The zero-order chi connectivity index (χ0) is 20.5. The fourth-order valence-corrected chi connectivity index (χ4v) is 2.95. The molecule has 0 radical (unpaired) electrons. The molecule has 0 saturated carbocycles. The van der Waals surface area contributed by atoms with Crippen LogP contribution in [-0.2, 0) is 11.2 Å². The Kier molecular flexibility index (Phi) is 7.00. The van der Waals surface area contributed by atoms with Crippen LogP contribution in [0.2, 0.25) is 0 Å². The Morgan fingerprint density at radius 1 is 0.897 bits per heavy atom. The average Bonchev–Trinajstić information content (AvgIpc) is 2.74. The van der Waals surface area contributed by atoms with Gasteiger partial charge in [0, 0.05) is 24.2 Å². The highest BCUT2D eigenvalue weighted by molar-refractivity contribution is 5.97. The van der Waals surface area contributed by atoms with Crippen molar-refractivity contribution in [2.24, 2.45) is 0 Å². The molecule has 0 aromatic heterocycles. The minimum absolute atomic E-state index is 0.114. The predicted molar refractivity (Wildman–Crippen MR) is 114 cm³/mol. The SMILES string of the molecule is CCNC(=O)c1cccc(NC(=O)COc2ccccc2Cc2ccccc2)c1. The Balaban J connectivity index is 1.60. The van der Waals surface area contributed by atoms with Crippen molar-refractivity contribution in [1.82, 2.24) is 5.32 Å². The number of hydrogen-bond acceptors (Lipinski definition) is 3. The lowest BCUT2D eigenvalue weighted by Gasteiger charge is -2.12. The molecule has 5 nitrogen and oxygen atoms in total. The second-order valence-electron chi connectivity index (χ2n) is 6.55. The van der Waals surface area contributed by atoms with Gasteiger partial charge in [-0.05, 0) is 42.3 Å². The first kappa shape index (κ1) is 20.1. The van der Waals surface area contributed by atoms with Crippen molar-refractivity contribution in [3.8, 4) is 5.75 Å². The monoisotopic (exact) mass is 388 g/mol. The fourth-order valence-electron chi connectivity index (χ4n) is 2.95. The minimum atomic E-state index is -0.285. The van der Waals surface area contributed by atoms with Crippen LogP contribution in [0.25, 0.3) is 0 Å². The first-order chi connectivity index (χ1) is 14.2. The van der Waals surface area contributed by atoms with Crippen molar-refractivity contribution in [2.45, 2.75) is 13.3 Å². The Hall–Kier alpha value is -3.60. The van der Waals surface area contributed by atoms with Crippen LogP contribution in [0.4, 0.5) is 5.69 Å². The van der Waals surface area contributed by atoms with E-state index < -0.39 is 0 Å². The third-order valence-electron chi connectivity index (χ3n) is 4.31. The summed E-state index contributed by atoms with van der Waals surface area (Å²) in [6, 6.07) is 24.6. The standard InChI is InChI=1S/C24H24N2O3/c1-2-25-24(28)20-12-8-13-21(16-20)26-23(27)17-29-22-14-7-6-11-19(22)15-18-9-4-3-5-10-18/h3-14,16H,2,15,17H2,1H3,(H,25,28)(H,26,27). The molecule has 0 aliphatic heterocycles. The van der Waals surface area contributed by atoms with E-state index in [2.05, 4.69) is 22.8 Å². The molecule has 0 aliphatic carbocycles. The molecule has 3 aromatic carbocycles. The number of ether oxygens (including phenoxy) is 1. The number of carbonyl (C=O) groups is 2. The highest BCUT2D eigenvalue weighted by Gasteiger charge is 2.10. The molecule has 3 rings (SSSR count). The summed E-state index contributed by atoms with van der Waals surface area (Å²) in [7, 11) is 0. The van der Waals surface area contributed by atoms with Crippen molar-refractivity contribution in [3.63, 3.8) is 0 Å². The Labute approximate surface area is 170 Å². The van der Waals surface area contributed by atoms with Gasteiger partial charge in [0.2, 0.25) is 0 Å². The van der Waals surface area contributed by atoms with E-state index in [9.17, 15) is 9.59 Å². The summed E-state index contributed by atoms with van der Waals surface area (Å²) in [6.45, 7) is 2.29. The smallest absolute Gasteiger partial charge is 0.262 e. The molecule has 0 fully saturated rings. The first-order valence-corrected chi connectivity index (χ1v) is 9.58. The van der Waals surface area contributed by atoms with Gasteiger partial charge >= 0.3 is 0 Å². The minimum Gasteiger partial charge on any atom is -0.483 e. The second kappa shape index (κ2) is 10.1. The summed E-state index contributed by atoms with van der Waals surface area (Å²) in [5.41, 5.74) is 3.25. The van der Waals surface area contributed by atoms with Gasteiger partial charge in [-0.1, -0.05) is 54.6 Å². The summed E-state index contributed by atoms with van der Waals surface area (Å²) in [5, 5.41) is 5.51. The number of benzene rings is 3. The highest BCUT2D eigenvalue weighted by atomic mass is 16.5. The number of amides is 2. The molecule has 0 heterocycles. The average molecular weight is 388 g/mol. The highest BCUT2D eigenvalue weighted by Crippen LogP contribution is 2.21. The molecule has 0 bridgehead atoms. The zero-order valence-electron chi connectivity index (χ0n) is 16.4. The van der Waals surface area contributed by atoms with Crippen molar-refractivity contribution in [1.29, 1.82) is 0 Å². The number of anilines is 1. The van der Waals surface area contributed by atoms with Crippen molar-refractivity contribution < 1.29 is 14.3 Å². The molecule has 5 heteroatoms. The van der Waals surface area contributed by atoms with Crippen molar-refractivity contribution in [2.75, 3.05) is 18.5 Å². The van der Waals surface area contributed by atoms with Crippen LogP contribution in [0.3, 0.4) is 0 Å². The van der Waals surface area contributed by atoms with Crippen LogP contribution in [0.15, 0.2) is 78.9 Å². The van der Waals surface area contributed by atoms with Gasteiger partial charge < -0.3 is 15.4 Å². The van der Waals surface area contributed by atoms with Gasteiger partial charge in [-0.15, -0.1) is 0 Å². The molecule has 3 aromatic rings. The van der Waals surface area contributed by atoms with Gasteiger partial charge in [-0.3, -0.25) is 9.59 Å². The lowest BCUT2D eigenvalue weighted by molar-refractivity contribution is -0.118. The molecule has 2 N–H and O–H groups in total. The molecule has 29 heavy (non-hydrogen) atoms. The van der Waals surface area contributed by atoms with Crippen LogP contribution in [-0.4, -0.2) is 25.0 Å². The topological polar surface area (TPSA) is 67.4 Å². The molecular formula is C24H24N2O3. The van der Waals surface area contributed by atoms with Gasteiger partial charge in [0.25, 0.3) is 11.8 Å². The number of carbonyl (C=O) groups excluding carboxylic acids is 2. The van der Waals surface area contributed by atoms with Gasteiger partial charge in [-0.2, -0.15) is 0 Å². The quantitative estimate of drug-likeness (QED) is 0.612. The van der Waals surface area contributed by atoms with Crippen LogP contribution in [0, 0.1) is 0 Å². The molecular weight excluding hydrogens is 364 g/mol. The van der Waals surface area contributed by atoms with E-state index in [-0.39, 0.29) is 18.4 Å². The molecule has 0 spiro atoms. The molecule has 0 atom stereocenters. The number of nitrogens with one attached hydrogen (secondary N) is 2. The lowest BCUT2D eigenvalue weighted by Crippen LogP contribution is -2.23. The van der Waals surface area contributed by atoms with Crippen LogP contribution in [0.5, 0.6) is 5.75 Å². The maximum absolute atomic E-state index is 12.3. The number of hydrogen-bond donors (Lipinski definition) is 2. The van der Waals surface area contributed by atoms with Crippen molar-refractivity contribution in [3.05, 3.63) is 95.6 Å². The Bertz CT molecular complexity index is 971. The lowest BCUT2D eigenvalue weighted by atomic mass is 10.0. The molecule has 0 saturated heterocycles. The van der Waals surface area contributed by atoms with Gasteiger partial charge in [0.05, 0.1) is 0 Å². The first-order valence-electron chi connectivity index (χ1n) is 9.58. The number of rotatable bonds is 8. The summed E-state index contributed by atoms with van der Waals surface area (Å²) in [4.78, 5) is 24.3. The molecule has 0 aliphatic rings. The van der Waals surface area contributed by atoms with E-state index in [0.29, 0.717) is 23.5 Å². The number of para-hydroxylation sites is 1. The van der Waals surface area contributed by atoms with Gasteiger partial charge in [0.1, 0.15) is 5.75 Å². The van der Waals surface area contributed by atoms with Crippen LogP contribution >= 0.6 is 0 Å². The van der Waals surface area contributed by atoms with Gasteiger partial charge in [-0.25, -0.2) is 0 Å². The largest absolute Gasteiger partial charge is 0.483 e. The summed E-state index contributed by atoms with van der Waals surface area (Å²) in [5.74, 6) is 0.227. The normalized spacial score (nSPS) is 10.2. The maximum atomic E-state index is 12.3. The van der Waals surface area contributed by atoms with Crippen molar-refractivity contribution >= 4 is 17.5 Å². The Morgan fingerprint density at radius 3 is 2.45 bits per heavy atom. The van der Waals surface area contributed by atoms with E-state index in [0.717, 1.165) is 12.0 Å².